The molecule has 0 bridgehead atoms. The van der Waals surface area contributed by atoms with E-state index in [2.05, 4.69) is 65.7 Å². The number of nitrogens with two attached hydrogens (primary N) is 1. The summed E-state index contributed by atoms with van der Waals surface area (Å²) in [5, 5.41) is 0.682. The van der Waals surface area contributed by atoms with Crippen LogP contribution in [0.1, 0.15) is 54.0 Å². The van der Waals surface area contributed by atoms with Crippen molar-refractivity contribution < 1.29 is 4.74 Å². The van der Waals surface area contributed by atoms with Crippen LogP contribution in [-0.4, -0.2) is 12.3 Å². The van der Waals surface area contributed by atoms with Crippen LogP contribution in [-0.2, 0) is 18.4 Å². The molecule has 0 radical (unpaired) electrons. The molecule has 0 saturated heterocycles. The first-order valence-corrected chi connectivity index (χ1v) is 11.9. The second-order valence-corrected chi connectivity index (χ2v) is 9.41. The van der Waals surface area contributed by atoms with Crippen molar-refractivity contribution in [2.45, 2.75) is 56.2 Å². The Morgan fingerprint density at radius 1 is 0.938 bits per heavy atom. The van der Waals surface area contributed by atoms with E-state index < -0.39 is 0 Å². The second kappa shape index (κ2) is 9.09. The van der Waals surface area contributed by atoms with Gasteiger partial charge in [-0.1, -0.05) is 72.3 Å². The van der Waals surface area contributed by atoms with E-state index in [-0.39, 0.29) is 17.6 Å². The number of benzene rings is 3. The van der Waals surface area contributed by atoms with Crippen molar-refractivity contribution in [2.24, 2.45) is 10.7 Å². The largest absolute Gasteiger partial charge is 0.489 e. The smallest absolute Gasteiger partial charge is 0.138 e. The Balaban J connectivity index is 1.37. The Hall–Kier alpha value is -2.62. The lowest BCUT2D eigenvalue weighted by Gasteiger charge is -2.45. The van der Waals surface area contributed by atoms with E-state index in [1.807, 2.05) is 18.3 Å². The summed E-state index contributed by atoms with van der Waals surface area (Å²) in [7, 11) is 0. The molecule has 2 N–H and O–H groups in total. The van der Waals surface area contributed by atoms with Crippen LogP contribution in [0.2, 0.25) is 5.02 Å². The minimum Gasteiger partial charge on any atom is -0.489 e. The third-order valence-corrected chi connectivity index (χ3v) is 7.47. The number of hydrogen-bond acceptors (Lipinski definition) is 3. The fraction of sp³-hybridized carbons (Fsp3) is 0.321. The highest BCUT2D eigenvalue weighted by molar-refractivity contribution is 6.32. The number of halogens is 1. The van der Waals surface area contributed by atoms with Crippen LogP contribution in [0.25, 0.3) is 0 Å². The molecule has 3 aromatic rings. The van der Waals surface area contributed by atoms with Crippen molar-refractivity contribution in [3.63, 3.8) is 0 Å². The molecule has 0 spiro atoms. The van der Waals surface area contributed by atoms with Gasteiger partial charge in [-0.2, -0.15) is 0 Å². The molecule has 1 aliphatic carbocycles. The first-order valence-electron chi connectivity index (χ1n) is 11.5. The van der Waals surface area contributed by atoms with E-state index in [1.165, 1.54) is 22.3 Å². The van der Waals surface area contributed by atoms with E-state index in [9.17, 15) is 0 Å². The van der Waals surface area contributed by atoms with Gasteiger partial charge >= 0.3 is 0 Å². The number of fused-ring (bicyclic) bond motifs is 1. The summed E-state index contributed by atoms with van der Waals surface area (Å²) in [5.74, 6) is 0.797. The summed E-state index contributed by atoms with van der Waals surface area (Å²) in [4.78, 5) is 4.35. The summed E-state index contributed by atoms with van der Waals surface area (Å²) >= 11 is 6.57. The number of hydrogen-bond donors (Lipinski definition) is 1. The molecule has 0 aromatic heterocycles. The van der Waals surface area contributed by atoms with Crippen molar-refractivity contribution in [1.82, 2.24) is 0 Å². The van der Waals surface area contributed by atoms with Gasteiger partial charge in [-0.25, -0.2) is 0 Å². The van der Waals surface area contributed by atoms with E-state index in [4.69, 9.17) is 22.1 Å². The maximum Gasteiger partial charge on any atom is 0.138 e. The van der Waals surface area contributed by atoms with Gasteiger partial charge in [0.1, 0.15) is 5.75 Å². The van der Waals surface area contributed by atoms with Crippen LogP contribution in [0, 0.1) is 0 Å². The normalized spacial score (nSPS) is 23.4. The lowest BCUT2D eigenvalue weighted by molar-refractivity contribution is 0.104. The molecule has 3 aromatic carbocycles. The predicted octanol–water partition coefficient (Wildman–Crippen LogP) is 6.43. The number of aliphatic imine (C=N–C) groups is 1. The molecule has 1 fully saturated rings. The third kappa shape index (κ3) is 4.07. The van der Waals surface area contributed by atoms with Crippen LogP contribution in [0.4, 0.5) is 0 Å². The molecule has 1 atom stereocenters. The summed E-state index contributed by atoms with van der Waals surface area (Å²) in [5.41, 5.74) is 11.8. The highest BCUT2D eigenvalue weighted by Crippen LogP contribution is 2.48. The molecule has 5 rings (SSSR count). The zero-order chi connectivity index (χ0) is 22.0. The number of rotatable bonds is 5. The molecule has 2 aliphatic rings. The molecule has 32 heavy (non-hydrogen) atoms. The van der Waals surface area contributed by atoms with Gasteiger partial charge in [0.15, 0.2) is 0 Å². The van der Waals surface area contributed by atoms with Crippen LogP contribution in [0.5, 0.6) is 5.75 Å². The van der Waals surface area contributed by atoms with E-state index >= 15 is 0 Å². The zero-order valence-electron chi connectivity index (χ0n) is 18.2. The minimum atomic E-state index is -0.0986. The molecule has 1 heterocycles. The average molecular weight is 445 g/mol. The topological polar surface area (TPSA) is 47.6 Å². The first kappa shape index (κ1) is 21.2. The second-order valence-electron chi connectivity index (χ2n) is 9.01. The van der Waals surface area contributed by atoms with Gasteiger partial charge in [0.05, 0.1) is 17.7 Å². The van der Waals surface area contributed by atoms with Crippen molar-refractivity contribution in [1.29, 1.82) is 0 Å². The lowest BCUT2D eigenvalue weighted by Crippen LogP contribution is -2.43. The molecule has 0 amide bonds. The van der Waals surface area contributed by atoms with Crippen LogP contribution >= 0.6 is 11.6 Å². The van der Waals surface area contributed by atoms with Crippen LogP contribution in [0.15, 0.2) is 77.8 Å². The molecule has 164 valence electrons. The summed E-state index contributed by atoms with van der Waals surface area (Å²) in [6.45, 7) is 0.704. The van der Waals surface area contributed by atoms with Gasteiger partial charge in [-0.05, 0) is 60.1 Å². The summed E-state index contributed by atoms with van der Waals surface area (Å²) < 4.78 is 6.45. The van der Waals surface area contributed by atoms with E-state index in [1.54, 1.807) is 0 Å². The molecule has 0 unspecified atom stereocenters. The number of ether oxygens (including phenoxy) is 1. The first-order chi connectivity index (χ1) is 15.7. The third-order valence-electron chi connectivity index (χ3n) is 7.18. The van der Waals surface area contributed by atoms with Gasteiger partial charge in [0.25, 0.3) is 0 Å². The Labute approximate surface area is 195 Å². The minimum absolute atomic E-state index is 0.0568. The fourth-order valence-corrected chi connectivity index (χ4v) is 5.55. The van der Waals surface area contributed by atoms with Crippen molar-refractivity contribution in [3.8, 4) is 5.75 Å². The average Bonchev–Trinajstić information content (AvgIpc) is 2.86. The highest BCUT2D eigenvalue weighted by Gasteiger charge is 2.43. The predicted molar refractivity (Wildman–Crippen MR) is 132 cm³/mol. The molecule has 1 saturated carbocycles. The van der Waals surface area contributed by atoms with Crippen molar-refractivity contribution in [2.75, 3.05) is 0 Å². The molecule has 1 aliphatic heterocycles. The highest BCUT2D eigenvalue weighted by atomic mass is 35.5. The van der Waals surface area contributed by atoms with Crippen molar-refractivity contribution >= 4 is 17.8 Å². The lowest BCUT2D eigenvalue weighted by atomic mass is 9.63. The Bertz CT molecular complexity index is 1090. The number of nitrogens with zero attached hydrogens (tertiary/aromatic N) is 1. The van der Waals surface area contributed by atoms with Gasteiger partial charge in [-0.15, -0.1) is 0 Å². The quantitative estimate of drug-likeness (QED) is 0.493. The van der Waals surface area contributed by atoms with E-state index in [0.29, 0.717) is 11.6 Å². The zero-order valence-corrected chi connectivity index (χ0v) is 19.0. The van der Waals surface area contributed by atoms with Gasteiger partial charge in [0, 0.05) is 24.1 Å². The Morgan fingerprint density at radius 3 is 2.34 bits per heavy atom. The SMILES string of the molecule is N[C@@H](c1ccccc1)C1(c2ccccc2)CCC(Oc2cc3c(cc2Cl)CN=CC3)CC1. The maximum absolute atomic E-state index is 6.96. The van der Waals surface area contributed by atoms with Gasteiger partial charge in [-0.3, -0.25) is 4.99 Å². The monoisotopic (exact) mass is 444 g/mol. The summed E-state index contributed by atoms with van der Waals surface area (Å²) in [6.07, 6.45) is 6.81. The van der Waals surface area contributed by atoms with E-state index in [0.717, 1.165) is 37.9 Å². The van der Waals surface area contributed by atoms with Crippen LogP contribution < -0.4 is 10.5 Å². The molecule has 3 nitrogen and oxygen atoms in total. The van der Waals surface area contributed by atoms with Gasteiger partial charge in [0.2, 0.25) is 0 Å². The Morgan fingerprint density at radius 2 is 1.62 bits per heavy atom. The van der Waals surface area contributed by atoms with Crippen LogP contribution in [0.3, 0.4) is 0 Å². The van der Waals surface area contributed by atoms with Crippen molar-refractivity contribution in [3.05, 3.63) is 100 Å². The standard InChI is InChI=1S/C28H29ClN2O/c29-25-17-22-19-31-16-13-21(22)18-26(25)32-24-11-14-28(15-12-24,23-9-5-2-6-10-23)27(30)20-7-3-1-4-8-20/h1-10,16-18,24,27H,11-15,19,30H2/t24?,27-,28?/m0/s1. The fourth-order valence-electron chi connectivity index (χ4n) is 5.32. The maximum atomic E-state index is 6.96. The van der Waals surface area contributed by atoms with Gasteiger partial charge < -0.3 is 10.5 Å². The molecular formula is C28H29ClN2O. The molecule has 4 heteroatoms. The summed E-state index contributed by atoms with van der Waals surface area (Å²) in [6, 6.07) is 25.3. The molecular weight excluding hydrogens is 416 g/mol. The Kier molecular flexibility index (Phi) is 6.03.